The van der Waals surface area contributed by atoms with Gasteiger partial charge in [0, 0.05) is 0 Å². The van der Waals surface area contributed by atoms with Crippen molar-refractivity contribution in [3.05, 3.63) is 65.7 Å². The number of hydrogen-bond donors (Lipinski definition) is 0. The molecule has 0 heterocycles. The molecule has 0 aliphatic heterocycles. The van der Waals surface area contributed by atoms with E-state index in [2.05, 4.69) is 67.6 Å². The molecule has 0 amide bonds. The first-order valence-electron chi connectivity index (χ1n) is 11.2. The topological polar surface area (TPSA) is 0 Å². The summed E-state index contributed by atoms with van der Waals surface area (Å²) >= 11 is 17.2. The van der Waals surface area contributed by atoms with Crippen LogP contribution in [0.5, 0.6) is 0 Å². The largest absolute Gasteiger partial charge is 0.341 e. The van der Waals surface area contributed by atoms with E-state index in [-0.39, 0.29) is 0 Å². The summed E-state index contributed by atoms with van der Waals surface area (Å²) in [5.74, 6) is 0. The monoisotopic (exact) mass is 476 g/mol. The number of allylic oxidation sites excluding steroid dienone is 1. The van der Waals surface area contributed by atoms with E-state index in [0.29, 0.717) is 0 Å². The van der Waals surface area contributed by atoms with Crippen molar-refractivity contribution in [2.45, 2.75) is 64.3 Å². The zero-order valence-electron chi connectivity index (χ0n) is 17.8. The minimum absolute atomic E-state index is 0.823. The second-order valence-electron chi connectivity index (χ2n) is 8.09. The number of hydrogen-bond acceptors (Lipinski definition) is 0. The van der Waals surface area contributed by atoms with Crippen LogP contribution in [0.1, 0.15) is 63.0 Å². The van der Waals surface area contributed by atoms with Crippen molar-refractivity contribution in [3.8, 4) is 0 Å². The summed E-state index contributed by atoms with van der Waals surface area (Å²) in [6.45, 7) is 2.22. The molecular weight excluding hydrogens is 447 g/mol. The van der Waals surface area contributed by atoms with Gasteiger partial charge in [-0.15, -0.1) is 33.2 Å². The second-order valence-corrected chi connectivity index (χ2v) is 17.4. The van der Waals surface area contributed by atoms with Crippen LogP contribution in [-0.4, -0.2) is 6.00 Å². The molecule has 0 atom stereocenters. The predicted octanol–water partition coefficient (Wildman–Crippen LogP) is 9.95. The molecule has 30 heavy (non-hydrogen) atoms. The van der Waals surface area contributed by atoms with Gasteiger partial charge in [-0.1, -0.05) is 106 Å². The zero-order chi connectivity index (χ0) is 21.4. The Kier molecular flexibility index (Phi) is 9.13. The Morgan fingerprint density at radius 1 is 0.767 bits per heavy atom. The third-order valence-corrected chi connectivity index (χ3v) is 8.36. The molecule has 4 rings (SSSR count). The van der Waals surface area contributed by atoms with Crippen LogP contribution in [0.4, 0.5) is 0 Å². The Morgan fingerprint density at radius 2 is 1.50 bits per heavy atom. The van der Waals surface area contributed by atoms with Gasteiger partial charge in [0.05, 0.1) is 0 Å². The lowest BCUT2D eigenvalue weighted by atomic mass is 9.90. The van der Waals surface area contributed by atoms with Crippen LogP contribution < -0.4 is 0 Å². The maximum absolute atomic E-state index is 5.74. The van der Waals surface area contributed by atoms with Crippen LogP contribution in [0.2, 0.25) is 6.04 Å². The highest BCUT2D eigenvalue weighted by Crippen LogP contribution is 2.32. The van der Waals surface area contributed by atoms with Crippen LogP contribution in [0, 0.1) is 0 Å². The lowest BCUT2D eigenvalue weighted by Gasteiger charge is -2.14. The molecule has 160 valence electrons. The molecule has 0 saturated heterocycles. The fourth-order valence-corrected chi connectivity index (χ4v) is 5.97. The fraction of sp³-hybridized carbons (Fsp3) is 0.385. The number of rotatable bonds is 7. The van der Waals surface area contributed by atoms with Crippen LogP contribution in [0.15, 0.2) is 54.6 Å². The van der Waals surface area contributed by atoms with Gasteiger partial charge < -0.3 is 0 Å². The van der Waals surface area contributed by atoms with Gasteiger partial charge in [-0.25, -0.2) is 0 Å². The van der Waals surface area contributed by atoms with Crippen molar-refractivity contribution >= 4 is 66.9 Å². The third kappa shape index (κ3) is 6.75. The lowest BCUT2D eigenvalue weighted by molar-refractivity contribution is 0.624. The van der Waals surface area contributed by atoms with E-state index in [4.69, 9.17) is 33.2 Å². The van der Waals surface area contributed by atoms with E-state index in [1.165, 1.54) is 77.6 Å². The summed E-state index contributed by atoms with van der Waals surface area (Å²) in [5.41, 5.74) is 2.91. The summed E-state index contributed by atoms with van der Waals surface area (Å²) < 4.78 is 0. The molecule has 0 aromatic heterocycles. The molecule has 0 radical (unpaired) electrons. The second kappa shape index (κ2) is 11.6. The van der Waals surface area contributed by atoms with Gasteiger partial charge in [0.25, 0.3) is 0 Å². The van der Waals surface area contributed by atoms with Crippen molar-refractivity contribution in [1.82, 2.24) is 0 Å². The van der Waals surface area contributed by atoms with E-state index < -0.39 is 6.00 Å². The standard InChI is InChI=1S/C18H14.C8H17Cl3Si/c1-3-7-15-13(5-1)9-11-18-16-8-4-2-6-14(16)10-12-17(15)18;1-2-3-4-5-6-7-8-12(9,10)11/h1,3-5,7-12H,2,6H2;2-8H2,1H3. The number of halogens is 3. The van der Waals surface area contributed by atoms with E-state index in [9.17, 15) is 0 Å². The van der Waals surface area contributed by atoms with Gasteiger partial charge in [-0.05, 0) is 51.6 Å². The molecule has 0 spiro atoms. The molecule has 0 unspecified atom stereocenters. The molecule has 0 bridgehead atoms. The summed E-state index contributed by atoms with van der Waals surface area (Å²) in [6, 6.07) is 16.2. The van der Waals surface area contributed by atoms with Gasteiger partial charge in [-0.3, -0.25) is 0 Å². The fourth-order valence-electron chi connectivity index (χ4n) is 4.12. The Bertz CT molecular complexity index is 989. The molecule has 0 saturated carbocycles. The van der Waals surface area contributed by atoms with Crippen molar-refractivity contribution in [2.75, 3.05) is 0 Å². The molecule has 1 aliphatic carbocycles. The molecule has 0 fully saturated rings. The minimum atomic E-state index is -2.31. The summed E-state index contributed by atoms with van der Waals surface area (Å²) in [4.78, 5) is 0. The lowest BCUT2D eigenvalue weighted by Crippen LogP contribution is -2.07. The summed E-state index contributed by atoms with van der Waals surface area (Å²) in [5, 5.41) is 5.45. The maximum Gasteiger partial charge on any atom is 0.341 e. The van der Waals surface area contributed by atoms with Crippen molar-refractivity contribution in [3.63, 3.8) is 0 Å². The Balaban J connectivity index is 0.000000189. The molecule has 0 nitrogen and oxygen atoms in total. The predicted molar refractivity (Wildman–Crippen MR) is 140 cm³/mol. The summed E-state index contributed by atoms with van der Waals surface area (Å²) in [7, 11) is 0. The first kappa shape index (κ1) is 23.7. The van der Waals surface area contributed by atoms with Crippen LogP contribution in [0.25, 0.3) is 27.6 Å². The van der Waals surface area contributed by atoms with Crippen molar-refractivity contribution in [1.29, 1.82) is 0 Å². The smallest absolute Gasteiger partial charge is 0.126 e. The number of unbranched alkanes of at least 4 members (excludes halogenated alkanes) is 5. The first-order chi connectivity index (χ1) is 14.5. The van der Waals surface area contributed by atoms with Gasteiger partial charge in [0.2, 0.25) is 0 Å². The van der Waals surface area contributed by atoms with Crippen LogP contribution in [0.3, 0.4) is 0 Å². The van der Waals surface area contributed by atoms with Gasteiger partial charge >= 0.3 is 6.00 Å². The number of fused-ring (bicyclic) bond motifs is 5. The first-order valence-corrected chi connectivity index (χ1v) is 16.4. The van der Waals surface area contributed by atoms with Gasteiger partial charge in [0.1, 0.15) is 0 Å². The van der Waals surface area contributed by atoms with E-state index in [0.717, 1.165) is 12.5 Å². The Morgan fingerprint density at radius 3 is 2.30 bits per heavy atom. The van der Waals surface area contributed by atoms with Crippen molar-refractivity contribution < 1.29 is 0 Å². The average molecular weight is 478 g/mol. The SMILES string of the molecule is C1=Cc2c(ccc3c2ccc2ccccc23)CC1.CCCCCCCC[Si](Cl)(Cl)Cl. The minimum Gasteiger partial charge on any atom is -0.126 e. The molecule has 0 N–H and O–H groups in total. The Labute approximate surface area is 196 Å². The normalized spacial score (nSPS) is 13.2. The number of aryl methyl sites for hydroxylation is 1. The molecule has 3 aromatic rings. The van der Waals surface area contributed by atoms with Gasteiger partial charge in [-0.2, -0.15) is 0 Å². The summed E-state index contributed by atoms with van der Waals surface area (Å²) in [6.07, 6.45) is 14.5. The van der Waals surface area contributed by atoms with Crippen molar-refractivity contribution in [2.24, 2.45) is 0 Å². The third-order valence-electron chi connectivity index (χ3n) is 5.74. The molecule has 4 heteroatoms. The van der Waals surface area contributed by atoms with E-state index in [1.807, 2.05) is 0 Å². The van der Waals surface area contributed by atoms with E-state index >= 15 is 0 Å². The average Bonchev–Trinajstić information content (AvgIpc) is 2.75. The molecule has 3 aromatic carbocycles. The quantitative estimate of drug-likeness (QED) is 0.137. The Hall–Kier alpha value is -0.993. The molecule has 1 aliphatic rings. The highest BCUT2D eigenvalue weighted by atomic mass is 35.8. The molecular formula is C26H31Cl3Si. The highest BCUT2D eigenvalue weighted by Gasteiger charge is 2.23. The van der Waals surface area contributed by atoms with E-state index in [1.54, 1.807) is 0 Å². The van der Waals surface area contributed by atoms with Gasteiger partial charge in [0.15, 0.2) is 0 Å². The highest BCUT2D eigenvalue weighted by molar-refractivity contribution is 7.64. The van der Waals surface area contributed by atoms with Crippen LogP contribution in [-0.2, 0) is 6.42 Å². The maximum atomic E-state index is 5.74. The van der Waals surface area contributed by atoms with Crippen LogP contribution >= 0.6 is 33.2 Å². The zero-order valence-corrected chi connectivity index (χ0v) is 21.0. The number of benzene rings is 3.